The van der Waals surface area contributed by atoms with Crippen LogP contribution >= 0.6 is 0 Å². The highest BCUT2D eigenvalue weighted by atomic mass is 28.1. The van der Waals surface area contributed by atoms with E-state index < -0.39 is 11.1 Å². The predicted octanol–water partition coefficient (Wildman–Crippen LogP) is -0.279. The first-order valence-corrected chi connectivity index (χ1v) is 10.9. The number of hydrogen-bond acceptors (Lipinski definition) is 7. The first-order chi connectivity index (χ1) is 16.3. The van der Waals surface area contributed by atoms with E-state index in [0.29, 0.717) is 30.3 Å². The molecule has 0 aromatic carbocycles. The smallest absolute Gasteiger partial charge is 0.255 e. The molecule has 173 valence electrons. The van der Waals surface area contributed by atoms with Gasteiger partial charge in [-0.25, -0.2) is 14.6 Å². The lowest BCUT2D eigenvalue weighted by Gasteiger charge is -2.27. The number of nitrogens with one attached hydrogen (secondary N) is 1. The SMILES string of the molecule is C=CC(=O)N1C[C@@]([Si])(n2nc(C#Cc3ccn4ccnc4n3)c(C(N)=O)c2NC)C[C@@H]1COC. The third-order valence-electron chi connectivity index (χ3n) is 5.61. The number of imidazole rings is 1. The summed E-state index contributed by atoms with van der Waals surface area (Å²) in [5.74, 6) is 5.83. The molecule has 3 N–H and O–H groups in total. The van der Waals surface area contributed by atoms with Crippen LogP contribution in [0.15, 0.2) is 37.3 Å². The molecule has 0 aliphatic carbocycles. The minimum atomic E-state index is -0.836. The average molecular weight is 476 g/mol. The van der Waals surface area contributed by atoms with Gasteiger partial charge in [0.1, 0.15) is 17.1 Å². The molecule has 0 unspecified atom stereocenters. The van der Waals surface area contributed by atoms with Crippen LogP contribution in [0.25, 0.3) is 5.78 Å². The molecule has 2 amide bonds. The number of fused-ring (bicyclic) bond motifs is 1. The van der Waals surface area contributed by atoms with Gasteiger partial charge < -0.3 is 20.7 Å². The van der Waals surface area contributed by atoms with E-state index in [1.54, 1.807) is 52.8 Å². The van der Waals surface area contributed by atoms with Gasteiger partial charge in [-0.3, -0.25) is 14.0 Å². The Kier molecular flexibility index (Phi) is 6.23. The second-order valence-corrected chi connectivity index (χ2v) is 8.74. The number of nitrogens with zero attached hydrogens (tertiary/aromatic N) is 6. The minimum Gasteiger partial charge on any atom is -0.383 e. The summed E-state index contributed by atoms with van der Waals surface area (Å²) in [6.07, 6.45) is 6.94. The summed E-state index contributed by atoms with van der Waals surface area (Å²) in [4.78, 5) is 35.0. The number of carbonyl (C=O) groups excluding carboxylic acids is 2. The third kappa shape index (κ3) is 4.06. The van der Waals surface area contributed by atoms with Gasteiger partial charge in [0.15, 0.2) is 5.69 Å². The van der Waals surface area contributed by atoms with Crippen molar-refractivity contribution >= 4 is 33.7 Å². The van der Waals surface area contributed by atoms with Crippen molar-refractivity contribution in [3.8, 4) is 11.8 Å². The Morgan fingerprint density at radius 2 is 2.24 bits per heavy atom. The van der Waals surface area contributed by atoms with Gasteiger partial charge in [-0.2, -0.15) is 5.10 Å². The molecule has 1 aliphatic heterocycles. The van der Waals surface area contributed by atoms with E-state index in [1.807, 2.05) is 0 Å². The summed E-state index contributed by atoms with van der Waals surface area (Å²) in [6, 6.07) is 1.51. The Bertz CT molecular complexity index is 1340. The first kappa shape index (κ1) is 23.2. The van der Waals surface area contributed by atoms with Crippen molar-refractivity contribution in [3.63, 3.8) is 0 Å². The number of likely N-dealkylation sites (tertiary alicyclic amines) is 1. The molecule has 1 saturated heterocycles. The zero-order chi connectivity index (χ0) is 24.5. The predicted molar refractivity (Wildman–Crippen MR) is 125 cm³/mol. The molecule has 1 aliphatic rings. The van der Waals surface area contributed by atoms with E-state index in [2.05, 4.69) is 49.0 Å². The fourth-order valence-corrected chi connectivity index (χ4v) is 4.69. The third-order valence-corrected chi connectivity index (χ3v) is 6.18. The number of amides is 2. The highest BCUT2D eigenvalue weighted by Crippen LogP contribution is 2.35. The molecular formula is C22H23N8O3Si. The van der Waals surface area contributed by atoms with E-state index in [4.69, 9.17) is 10.5 Å². The Labute approximate surface area is 199 Å². The lowest BCUT2D eigenvalue weighted by Crippen LogP contribution is -2.41. The quantitative estimate of drug-likeness (QED) is 0.285. The molecule has 0 bridgehead atoms. The van der Waals surface area contributed by atoms with Gasteiger partial charge in [0.05, 0.1) is 28.1 Å². The number of methoxy groups -OCH3 is 1. The highest BCUT2D eigenvalue weighted by molar-refractivity contribution is 6.15. The van der Waals surface area contributed by atoms with E-state index in [1.165, 1.54) is 6.08 Å². The van der Waals surface area contributed by atoms with Gasteiger partial charge in [0.2, 0.25) is 11.7 Å². The van der Waals surface area contributed by atoms with Crippen molar-refractivity contribution < 1.29 is 14.3 Å². The maximum Gasteiger partial charge on any atom is 0.255 e. The zero-order valence-electron chi connectivity index (χ0n) is 18.8. The summed E-state index contributed by atoms with van der Waals surface area (Å²) >= 11 is 0. The van der Waals surface area contributed by atoms with Crippen LogP contribution in [0.4, 0.5) is 5.82 Å². The molecule has 0 spiro atoms. The molecule has 3 radical (unpaired) electrons. The van der Waals surface area contributed by atoms with Crippen LogP contribution in [0.3, 0.4) is 0 Å². The Balaban J connectivity index is 1.77. The number of hydrogen-bond donors (Lipinski definition) is 2. The fourth-order valence-electron chi connectivity index (χ4n) is 4.12. The van der Waals surface area contributed by atoms with Crippen LogP contribution < -0.4 is 11.1 Å². The van der Waals surface area contributed by atoms with Gasteiger partial charge in [-0.15, -0.1) is 0 Å². The molecule has 0 saturated carbocycles. The van der Waals surface area contributed by atoms with Gasteiger partial charge in [-0.1, -0.05) is 6.58 Å². The lowest BCUT2D eigenvalue weighted by molar-refractivity contribution is -0.127. The number of primary amides is 1. The Morgan fingerprint density at radius 1 is 1.44 bits per heavy atom. The molecule has 34 heavy (non-hydrogen) atoms. The Hall–Kier alpha value is -3.95. The summed E-state index contributed by atoms with van der Waals surface area (Å²) < 4.78 is 8.68. The molecule has 4 heterocycles. The monoisotopic (exact) mass is 475 g/mol. The zero-order valence-corrected chi connectivity index (χ0v) is 19.8. The number of carbonyl (C=O) groups is 2. The molecule has 12 heteroatoms. The van der Waals surface area contributed by atoms with Crippen molar-refractivity contribution in [2.24, 2.45) is 5.73 Å². The summed E-state index contributed by atoms with van der Waals surface area (Å²) in [5.41, 5.74) is 6.51. The summed E-state index contributed by atoms with van der Waals surface area (Å²) in [6.45, 7) is 4.19. The van der Waals surface area contributed by atoms with E-state index >= 15 is 0 Å². The Morgan fingerprint density at radius 3 is 2.91 bits per heavy atom. The summed E-state index contributed by atoms with van der Waals surface area (Å²) in [5, 5.41) is 6.79. The second-order valence-electron chi connectivity index (χ2n) is 7.81. The average Bonchev–Trinajstić information content (AvgIpc) is 3.52. The molecule has 11 nitrogen and oxygen atoms in total. The van der Waals surface area contributed by atoms with Crippen molar-refractivity contribution in [2.75, 3.05) is 32.6 Å². The normalized spacial score (nSPS) is 19.6. The standard InChI is InChI=1S/C22H23N8O3Si/c1-4-17(31)29-13-22(34,11-15(29)12-33-3)30-20(24-2)18(19(23)32)16(27-30)6-5-14-7-9-28-10-8-25-21(28)26-14/h4,7-10,15,24H,1,11-13H2,2-3H3,(H2,23,32)/t15-,22-/m1/s1. The van der Waals surface area contributed by atoms with E-state index in [0.717, 1.165) is 0 Å². The first-order valence-electron chi connectivity index (χ1n) is 10.4. The van der Waals surface area contributed by atoms with Gasteiger partial charge in [-0.05, 0) is 30.4 Å². The van der Waals surface area contributed by atoms with Crippen molar-refractivity contribution in [1.82, 2.24) is 29.0 Å². The number of aromatic nitrogens is 5. The maximum atomic E-state index is 12.5. The van der Waals surface area contributed by atoms with Crippen molar-refractivity contribution in [1.29, 1.82) is 0 Å². The molecule has 3 aromatic rings. The van der Waals surface area contributed by atoms with Gasteiger partial charge in [0, 0.05) is 39.3 Å². The number of nitrogens with two attached hydrogens (primary N) is 1. The van der Waals surface area contributed by atoms with Crippen LogP contribution in [-0.4, -0.2) is 84.5 Å². The largest absolute Gasteiger partial charge is 0.383 e. The molecule has 1 fully saturated rings. The van der Waals surface area contributed by atoms with Crippen LogP contribution in [0, 0.1) is 11.8 Å². The van der Waals surface area contributed by atoms with Crippen LogP contribution in [0.2, 0.25) is 0 Å². The number of ether oxygens (including phenoxy) is 1. The van der Waals surface area contributed by atoms with Crippen molar-refractivity contribution in [3.05, 3.63) is 54.3 Å². The number of rotatable bonds is 6. The lowest BCUT2D eigenvalue weighted by atomic mass is 10.1. The number of anilines is 1. The van der Waals surface area contributed by atoms with E-state index in [-0.39, 0.29) is 29.8 Å². The highest BCUT2D eigenvalue weighted by Gasteiger charge is 2.46. The molecular weight excluding hydrogens is 452 g/mol. The second kappa shape index (κ2) is 9.12. The molecule has 2 atom stereocenters. The maximum absolute atomic E-state index is 12.5. The van der Waals surface area contributed by atoms with Gasteiger partial charge >= 0.3 is 0 Å². The van der Waals surface area contributed by atoms with Crippen LogP contribution in [-0.2, 0) is 14.7 Å². The fraction of sp³-hybridized carbons (Fsp3) is 0.318. The summed E-state index contributed by atoms with van der Waals surface area (Å²) in [7, 11) is 7.06. The van der Waals surface area contributed by atoms with Crippen molar-refractivity contribution in [2.45, 2.75) is 17.6 Å². The topological polar surface area (TPSA) is 133 Å². The molecule has 4 rings (SSSR count). The van der Waals surface area contributed by atoms with Gasteiger partial charge in [0.25, 0.3) is 5.91 Å². The van der Waals surface area contributed by atoms with E-state index in [9.17, 15) is 9.59 Å². The van der Waals surface area contributed by atoms with Crippen LogP contribution in [0.5, 0.6) is 0 Å². The minimum absolute atomic E-state index is 0.145. The van der Waals surface area contributed by atoms with Crippen LogP contribution in [0.1, 0.15) is 28.2 Å². The molecule has 3 aromatic heterocycles.